The molecule has 1 unspecified atom stereocenters. The zero-order valence-electron chi connectivity index (χ0n) is 8.48. The van der Waals surface area contributed by atoms with Crippen molar-refractivity contribution in [1.82, 2.24) is 5.32 Å². The summed E-state index contributed by atoms with van der Waals surface area (Å²) in [6.45, 7) is 5.10. The lowest BCUT2D eigenvalue weighted by atomic mass is 10.1. The van der Waals surface area contributed by atoms with Gasteiger partial charge < -0.3 is 5.32 Å². The average molecular weight is 216 g/mol. The second-order valence-electron chi connectivity index (χ2n) is 3.41. The van der Waals surface area contributed by atoms with Gasteiger partial charge in [-0.3, -0.25) is 0 Å². The molecule has 0 fully saturated rings. The largest absolute Gasteiger partial charge is 0.314 e. The molecular formula is C11H15ClFN. The third-order valence-electron chi connectivity index (χ3n) is 2.08. The number of hydrogen-bond donors (Lipinski definition) is 1. The summed E-state index contributed by atoms with van der Waals surface area (Å²) in [4.78, 5) is 0. The molecule has 78 valence electrons. The van der Waals surface area contributed by atoms with Crippen molar-refractivity contribution in [3.05, 3.63) is 34.6 Å². The minimum Gasteiger partial charge on any atom is -0.314 e. The number of hydrogen-bond acceptors (Lipinski definition) is 1. The Labute approximate surface area is 89.3 Å². The molecule has 0 aliphatic rings. The topological polar surface area (TPSA) is 12.0 Å². The Hall–Kier alpha value is -0.600. The Balaban J connectivity index is 2.63. The molecule has 1 aromatic rings. The van der Waals surface area contributed by atoms with E-state index in [-0.39, 0.29) is 10.8 Å². The maximum atomic E-state index is 12.8. The van der Waals surface area contributed by atoms with E-state index in [1.165, 1.54) is 6.07 Å². The highest BCUT2D eigenvalue weighted by Crippen LogP contribution is 2.16. The second-order valence-corrected chi connectivity index (χ2v) is 3.82. The molecule has 3 heteroatoms. The molecule has 0 spiro atoms. The fourth-order valence-corrected chi connectivity index (χ4v) is 1.64. The lowest BCUT2D eigenvalue weighted by molar-refractivity contribution is 0.564. The molecule has 14 heavy (non-hydrogen) atoms. The molecule has 1 N–H and O–H groups in total. The van der Waals surface area contributed by atoms with Gasteiger partial charge in [-0.05, 0) is 37.6 Å². The predicted molar refractivity (Wildman–Crippen MR) is 58.3 cm³/mol. The van der Waals surface area contributed by atoms with Crippen molar-refractivity contribution in [3.63, 3.8) is 0 Å². The number of nitrogens with one attached hydrogen (secondary N) is 1. The van der Waals surface area contributed by atoms with Gasteiger partial charge in [0.2, 0.25) is 0 Å². The van der Waals surface area contributed by atoms with Crippen LogP contribution in [-0.2, 0) is 6.42 Å². The van der Waals surface area contributed by atoms with Crippen molar-refractivity contribution < 1.29 is 4.39 Å². The SMILES string of the molecule is CCNC(C)Cc1ccc(F)c(Cl)c1. The quantitative estimate of drug-likeness (QED) is 0.814. The third-order valence-corrected chi connectivity index (χ3v) is 2.37. The zero-order chi connectivity index (χ0) is 10.6. The summed E-state index contributed by atoms with van der Waals surface area (Å²) in [5.41, 5.74) is 1.06. The molecule has 1 nitrogen and oxygen atoms in total. The van der Waals surface area contributed by atoms with Crippen LogP contribution in [0, 0.1) is 5.82 Å². The smallest absolute Gasteiger partial charge is 0.141 e. The van der Waals surface area contributed by atoms with Gasteiger partial charge >= 0.3 is 0 Å². The van der Waals surface area contributed by atoms with Gasteiger partial charge in [-0.25, -0.2) is 4.39 Å². The van der Waals surface area contributed by atoms with Crippen LogP contribution in [0.2, 0.25) is 5.02 Å². The molecule has 0 radical (unpaired) electrons. The number of rotatable bonds is 4. The van der Waals surface area contributed by atoms with Crippen molar-refractivity contribution in [2.75, 3.05) is 6.54 Å². The van der Waals surface area contributed by atoms with E-state index in [0.717, 1.165) is 18.5 Å². The molecule has 0 saturated carbocycles. The highest BCUT2D eigenvalue weighted by molar-refractivity contribution is 6.30. The van der Waals surface area contributed by atoms with Crippen LogP contribution < -0.4 is 5.32 Å². The number of benzene rings is 1. The molecule has 1 rings (SSSR count). The number of likely N-dealkylation sites (N-methyl/N-ethyl adjacent to an activating group) is 1. The fourth-order valence-electron chi connectivity index (χ4n) is 1.44. The molecule has 0 aliphatic heterocycles. The summed E-state index contributed by atoms with van der Waals surface area (Å²) in [5, 5.41) is 3.49. The van der Waals surface area contributed by atoms with E-state index in [1.807, 2.05) is 0 Å². The van der Waals surface area contributed by atoms with Gasteiger partial charge in [-0.2, -0.15) is 0 Å². The maximum Gasteiger partial charge on any atom is 0.141 e. The summed E-state index contributed by atoms with van der Waals surface area (Å²) in [6, 6.07) is 5.26. The number of halogens is 2. The highest BCUT2D eigenvalue weighted by Gasteiger charge is 2.04. The van der Waals surface area contributed by atoms with E-state index in [1.54, 1.807) is 12.1 Å². The Morgan fingerprint density at radius 2 is 2.21 bits per heavy atom. The standard InChI is InChI=1S/C11H15ClFN/c1-3-14-8(2)6-9-4-5-11(13)10(12)7-9/h4-5,7-8,14H,3,6H2,1-2H3. The van der Waals surface area contributed by atoms with Crippen molar-refractivity contribution in [3.8, 4) is 0 Å². The first-order valence-electron chi connectivity index (χ1n) is 4.80. The van der Waals surface area contributed by atoms with E-state index in [0.29, 0.717) is 6.04 Å². The minimum atomic E-state index is -0.355. The van der Waals surface area contributed by atoms with Crippen LogP contribution >= 0.6 is 11.6 Å². The van der Waals surface area contributed by atoms with Gasteiger partial charge in [0.1, 0.15) is 5.82 Å². The van der Waals surface area contributed by atoms with Gasteiger partial charge in [0.15, 0.2) is 0 Å². The molecule has 0 aromatic heterocycles. The maximum absolute atomic E-state index is 12.8. The first-order chi connectivity index (χ1) is 6.63. The Bertz CT molecular complexity index is 301. The van der Waals surface area contributed by atoms with E-state index in [4.69, 9.17) is 11.6 Å². The van der Waals surface area contributed by atoms with Gasteiger partial charge in [-0.1, -0.05) is 24.6 Å². The van der Waals surface area contributed by atoms with Gasteiger partial charge in [0.05, 0.1) is 5.02 Å². The summed E-state index contributed by atoms with van der Waals surface area (Å²) >= 11 is 5.68. The van der Waals surface area contributed by atoms with Crippen LogP contribution in [-0.4, -0.2) is 12.6 Å². The van der Waals surface area contributed by atoms with E-state index >= 15 is 0 Å². The second kappa shape index (κ2) is 5.32. The molecule has 0 bridgehead atoms. The van der Waals surface area contributed by atoms with Crippen LogP contribution in [0.4, 0.5) is 4.39 Å². The molecule has 0 aliphatic carbocycles. The van der Waals surface area contributed by atoms with Crippen LogP contribution in [0.15, 0.2) is 18.2 Å². The normalized spacial score (nSPS) is 12.9. The van der Waals surface area contributed by atoms with E-state index in [2.05, 4.69) is 19.2 Å². The monoisotopic (exact) mass is 215 g/mol. The van der Waals surface area contributed by atoms with Gasteiger partial charge in [-0.15, -0.1) is 0 Å². The Morgan fingerprint density at radius 1 is 1.50 bits per heavy atom. The van der Waals surface area contributed by atoms with E-state index in [9.17, 15) is 4.39 Å². The van der Waals surface area contributed by atoms with Gasteiger partial charge in [0.25, 0.3) is 0 Å². The molecular weight excluding hydrogens is 201 g/mol. The Morgan fingerprint density at radius 3 is 2.79 bits per heavy atom. The van der Waals surface area contributed by atoms with Crippen molar-refractivity contribution in [2.24, 2.45) is 0 Å². The highest BCUT2D eigenvalue weighted by atomic mass is 35.5. The van der Waals surface area contributed by atoms with Crippen molar-refractivity contribution >= 4 is 11.6 Å². The fraction of sp³-hybridized carbons (Fsp3) is 0.455. The zero-order valence-corrected chi connectivity index (χ0v) is 9.24. The molecule has 1 aromatic carbocycles. The lowest BCUT2D eigenvalue weighted by Crippen LogP contribution is -2.27. The molecule has 1 atom stereocenters. The lowest BCUT2D eigenvalue weighted by Gasteiger charge is -2.12. The third kappa shape index (κ3) is 3.28. The summed E-state index contributed by atoms with van der Waals surface area (Å²) < 4.78 is 12.8. The Kier molecular flexibility index (Phi) is 4.36. The first-order valence-corrected chi connectivity index (χ1v) is 5.18. The average Bonchev–Trinajstić information content (AvgIpc) is 2.12. The van der Waals surface area contributed by atoms with Crippen molar-refractivity contribution in [1.29, 1.82) is 0 Å². The van der Waals surface area contributed by atoms with Crippen LogP contribution in [0.1, 0.15) is 19.4 Å². The summed E-state index contributed by atoms with van der Waals surface area (Å²) in [5.74, 6) is -0.355. The summed E-state index contributed by atoms with van der Waals surface area (Å²) in [7, 11) is 0. The van der Waals surface area contributed by atoms with Crippen LogP contribution in [0.5, 0.6) is 0 Å². The van der Waals surface area contributed by atoms with E-state index < -0.39 is 0 Å². The molecule has 0 amide bonds. The van der Waals surface area contributed by atoms with Gasteiger partial charge in [0, 0.05) is 6.04 Å². The minimum absolute atomic E-state index is 0.200. The predicted octanol–water partition coefficient (Wildman–Crippen LogP) is 3.02. The summed E-state index contributed by atoms with van der Waals surface area (Å²) in [6.07, 6.45) is 0.869. The first kappa shape index (κ1) is 11.5. The van der Waals surface area contributed by atoms with Crippen LogP contribution in [0.25, 0.3) is 0 Å². The molecule has 0 saturated heterocycles. The van der Waals surface area contributed by atoms with Crippen LogP contribution in [0.3, 0.4) is 0 Å². The van der Waals surface area contributed by atoms with Crippen molar-refractivity contribution in [2.45, 2.75) is 26.3 Å². The molecule has 0 heterocycles.